The second-order valence-corrected chi connectivity index (χ2v) is 5.96. The van der Waals surface area contributed by atoms with Crippen molar-refractivity contribution in [2.45, 2.75) is 37.3 Å². The smallest absolute Gasteiger partial charge is 0.0674 e. The van der Waals surface area contributed by atoms with Crippen molar-refractivity contribution >= 4 is 0 Å². The average molecular weight is 279 g/mol. The lowest BCUT2D eigenvalue weighted by Crippen LogP contribution is -2.59. The van der Waals surface area contributed by atoms with Crippen LogP contribution in [-0.2, 0) is 11.8 Å². The number of hydrogen-bond donors (Lipinski definition) is 2. The molecular formula is C14H25N5O. The lowest BCUT2D eigenvalue weighted by molar-refractivity contribution is -0.0364. The second kappa shape index (κ2) is 5.81. The van der Waals surface area contributed by atoms with Crippen LogP contribution < -0.4 is 11.3 Å². The molecule has 0 spiro atoms. The molecule has 3 N–H and O–H groups in total. The first-order chi connectivity index (χ1) is 9.76. The maximum absolute atomic E-state index is 5.94. The number of aryl methyl sites for hydroxylation is 1. The summed E-state index contributed by atoms with van der Waals surface area (Å²) >= 11 is 0. The van der Waals surface area contributed by atoms with E-state index in [4.69, 9.17) is 10.6 Å². The Morgan fingerprint density at radius 3 is 2.60 bits per heavy atom. The molecule has 0 amide bonds. The van der Waals surface area contributed by atoms with Gasteiger partial charge in [0.1, 0.15) is 0 Å². The number of ether oxygens (including phenoxy) is 1. The Morgan fingerprint density at radius 2 is 2.05 bits per heavy atom. The number of morpholine rings is 1. The summed E-state index contributed by atoms with van der Waals surface area (Å²) in [6.07, 6.45) is 8.94. The third-order valence-corrected chi connectivity index (χ3v) is 4.87. The zero-order valence-corrected chi connectivity index (χ0v) is 12.2. The molecule has 2 fully saturated rings. The topological polar surface area (TPSA) is 68.3 Å². The second-order valence-electron chi connectivity index (χ2n) is 5.96. The van der Waals surface area contributed by atoms with Crippen molar-refractivity contribution in [2.24, 2.45) is 12.9 Å². The molecule has 6 heteroatoms. The first-order valence-corrected chi connectivity index (χ1v) is 7.54. The maximum atomic E-state index is 5.94. The average Bonchev–Trinajstić information content (AvgIpc) is 3.12. The molecule has 1 unspecified atom stereocenters. The molecule has 112 valence electrons. The van der Waals surface area contributed by atoms with E-state index in [2.05, 4.69) is 21.6 Å². The number of aromatic nitrogens is 2. The van der Waals surface area contributed by atoms with E-state index in [1.54, 1.807) is 0 Å². The summed E-state index contributed by atoms with van der Waals surface area (Å²) in [6.45, 7) is 3.65. The minimum Gasteiger partial charge on any atom is -0.379 e. The summed E-state index contributed by atoms with van der Waals surface area (Å²) in [4.78, 5) is 2.58. The Labute approximate surface area is 120 Å². The molecule has 1 saturated heterocycles. The first kappa shape index (κ1) is 14.0. The lowest BCUT2D eigenvalue weighted by Gasteiger charge is -2.47. The van der Waals surface area contributed by atoms with Crippen LogP contribution in [0.25, 0.3) is 0 Å². The minimum atomic E-state index is 0.113. The van der Waals surface area contributed by atoms with Crippen LogP contribution >= 0.6 is 0 Å². The predicted octanol–water partition coefficient (Wildman–Crippen LogP) is 0.570. The highest BCUT2D eigenvalue weighted by atomic mass is 16.5. The van der Waals surface area contributed by atoms with Crippen molar-refractivity contribution in [3.05, 3.63) is 18.0 Å². The summed E-state index contributed by atoms with van der Waals surface area (Å²) in [6, 6.07) is 0.136. The van der Waals surface area contributed by atoms with Crippen LogP contribution in [0.5, 0.6) is 0 Å². The molecule has 0 bridgehead atoms. The van der Waals surface area contributed by atoms with Crippen LogP contribution in [0, 0.1) is 0 Å². The molecule has 1 aromatic rings. The normalized spacial score (nSPS) is 24.9. The van der Waals surface area contributed by atoms with E-state index in [1.807, 2.05) is 17.9 Å². The number of hydrazine groups is 1. The highest BCUT2D eigenvalue weighted by molar-refractivity contribution is 5.19. The Bertz CT molecular complexity index is 435. The number of rotatable bonds is 4. The first-order valence-electron chi connectivity index (χ1n) is 7.54. The Balaban J connectivity index is 1.91. The fourth-order valence-electron chi connectivity index (χ4n) is 3.93. The van der Waals surface area contributed by atoms with Gasteiger partial charge in [0, 0.05) is 37.4 Å². The predicted molar refractivity (Wildman–Crippen MR) is 76.9 cm³/mol. The monoisotopic (exact) mass is 279 g/mol. The van der Waals surface area contributed by atoms with Crippen molar-refractivity contribution in [3.63, 3.8) is 0 Å². The molecule has 1 saturated carbocycles. The van der Waals surface area contributed by atoms with Crippen LogP contribution in [-0.4, -0.2) is 46.5 Å². The van der Waals surface area contributed by atoms with E-state index >= 15 is 0 Å². The molecule has 0 radical (unpaired) electrons. The van der Waals surface area contributed by atoms with Crippen molar-refractivity contribution in [2.75, 3.05) is 26.3 Å². The fraction of sp³-hybridized carbons (Fsp3) is 0.786. The summed E-state index contributed by atoms with van der Waals surface area (Å²) in [7, 11) is 1.95. The number of nitrogens with zero attached hydrogens (tertiary/aromatic N) is 3. The van der Waals surface area contributed by atoms with Gasteiger partial charge in [-0.25, -0.2) is 0 Å². The Kier molecular flexibility index (Phi) is 4.07. The van der Waals surface area contributed by atoms with Crippen molar-refractivity contribution in [3.8, 4) is 0 Å². The van der Waals surface area contributed by atoms with Gasteiger partial charge in [0.05, 0.1) is 25.5 Å². The molecule has 2 heterocycles. The highest BCUT2D eigenvalue weighted by Crippen LogP contribution is 2.44. The van der Waals surface area contributed by atoms with Gasteiger partial charge in [-0.05, 0) is 12.8 Å². The van der Waals surface area contributed by atoms with E-state index in [0.29, 0.717) is 0 Å². The standard InChI is InChI=1S/C14H25N5O/c1-18-11-12(10-16-18)13(17-15)14(4-2-3-5-14)19-6-8-20-9-7-19/h10-11,13,17H,2-9,15H2,1H3. The van der Waals surface area contributed by atoms with Gasteiger partial charge in [-0.2, -0.15) is 5.10 Å². The van der Waals surface area contributed by atoms with Crippen molar-refractivity contribution in [1.29, 1.82) is 0 Å². The van der Waals surface area contributed by atoms with E-state index in [0.717, 1.165) is 26.3 Å². The Morgan fingerprint density at radius 1 is 1.35 bits per heavy atom. The zero-order chi connectivity index (χ0) is 14.0. The van der Waals surface area contributed by atoms with E-state index in [-0.39, 0.29) is 11.6 Å². The molecule has 1 aliphatic carbocycles. The van der Waals surface area contributed by atoms with Crippen LogP contribution in [0.1, 0.15) is 37.3 Å². The van der Waals surface area contributed by atoms with Gasteiger partial charge in [-0.3, -0.25) is 20.9 Å². The molecular weight excluding hydrogens is 254 g/mol. The van der Waals surface area contributed by atoms with Gasteiger partial charge in [-0.1, -0.05) is 12.8 Å². The van der Waals surface area contributed by atoms with Gasteiger partial charge >= 0.3 is 0 Å². The van der Waals surface area contributed by atoms with Crippen molar-refractivity contribution in [1.82, 2.24) is 20.1 Å². The fourth-order valence-corrected chi connectivity index (χ4v) is 3.93. The van der Waals surface area contributed by atoms with Gasteiger partial charge in [0.2, 0.25) is 0 Å². The lowest BCUT2D eigenvalue weighted by atomic mass is 9.83. The number of nitrogens with one attached hydrogen (secondary N) is 1. The van der Waals surface area contributed by atoms with Crippen LogP contribution in [0.15, 0.2) is 12.4 Å². The van der Waals surface area contributed by atoms with E-state index < -0.39 is 0 Å². The zero-order valence-electron chi connectivity index (χ0n) is 12.2. The summed E-state index contributed by atoms with van der Waals surface area (Å²) in [5.41, 5.74) is 4.37. The minimum absolute atomic E-state index is 0.113. The van der Waals surface area contributed by atoms with Crippen molar-refractivity contribution < 1.29 is 4.74 Å². The molecule has 6 nitrogen and oxygen atoms in total. The largest absolute Gasteiger partial charge is 0.379 e. The third kappa shape index (κ3) is 2.37. The Hall–Kier alpha value is -0.950. The van der Waals surface area contributed by atoms with Gasteiger partial charge in [-0.15, -0.1) is 0 Å². The number of hydrogen-bond acceptors (Lipinski definition) is 5. The van der Waals surface area contributed by atoms with Crippen LogP contribution in [0.2, 0.25) is 0 Å². The van der Waals surface area contributed by atoms with Gasteiger partial charge in [0.15, 0.2) is 0 Å². The summed E-state index contributed by atoms with van der Waals surface area (Å²) in [5, 5.41) is 4.31. The van der Waals surface area contributed by atoms with E-state index in [9.17, 15) is 0 Å². The highest BCUT2D eigenvalue weighted by Gasteiger charge is 2.47. The maximum Gasteiger partial charge on any atom is 0.0674 e. The number of nitrogens with two attached hydrogens (primary N) is 1. The molecule has 1 aromatic heterocycles. The van der Waals surface area contributed by atoms with Gasteiger partial charge < -0.3 is 4.74 Å². The summed E-state index contributed by atoms with van der Waals surface area (Å²) in [5.74, 6) is 5.94. The quantitative estimate of drug-likeness (QED) is 0.623. The molecule has 1 atom stereocenters. The van der Waals surface area contributed by atoms with Crippen LogP contribution in [0.4, 0.5) is 0 Å². The third-order valence-electron chi connectivity index (χ3n) is 4.87. The molecule has 3 rings (SSSR count). The van der Waals surface area contributed by atoms with Gasteiger partial charge in [0.25, 0.3) is 0 Å². The SMILES string of the molecule is Cn1cc(C(NN)C2(N3CCOCC3)CCCC2)cn1. The molecule has 0 aromatic carbocycles. The van der Waals surface area contributed by atoms with E-state index in [1.165, 1.54) is 31.2 Å². The molecule has 20 heavy (non-hydrogen) atoms. The molecule has 2 aliphatic rings. The molecule has 1 aliphatic heterocycles. The summed E-state index contributed by atoms with van der Waals surface area (Å²) < 4.78 is 7.37. The van der Waals surface area contributed by atoms with Crippen LogP contribution in [0.3, 0.4) is 0 Å².